The van der Waals surface area contributed by atoms with Gasteiger partial charge in [-0.2, -0.15) is 0 Å². The lowest BCUT2D eigenvalue weighted by Crippen LogP contribution is -2.32. The van der Waals surface area contributed by atoms with E-state index >= 15 is 0 Å². The number of hydrogen-bond acceptors (Lipinski definition) is 8. The van der Waals surface area contributed by atoms with Crippen molar-refractivity contribution in [1.29, 1.82) is 0 Å². The molecule has 2 aliphatic heterocycles. The maximum atomic E-state index is 7.28. The summed E-state index contributed by atoms with van der Waals surface area (Å²) in [6.07, 6.45) is 0. The fourth-order valence-corrected chi connectivity index (χ4v) is 21.2. The van der Waals surface area contributed by atoms with Gasteiger partial charge in [-0.05, 0) is 116 Å². The van der Waals surface area contributed by atoms with Crippen LogP contribution in [0.3, 0.4) is 0 Å². The summed E-state index contributed by atoms with van der Waals surface area (Å²) in [5.41, 5.74) is 30.5. The second-order valence-electron chi connectivity index (χ2n) is 32.9. The zero-order valence-electron chi connectivity index (χ0n) is 67.8. The fourth-order valence-electron chi connectivity index (χ4n) is 21.2. The summed E-state index contributed by atoms with van der Waals surface area (Å²) in [5.74, 6) is 6.82. The van der Waals surface area contributed by atoms with Crippen molar-refractivity contribution in [3.05, 3.63) is 469 Å². The molecular weight excluding hydrogens is 1540 g/mol. The summed E-state index contributed by atoms with van der Waals surface area (Å²) in [4.78, 5) is 31.9. The minimum atomic E-state index is -0.794. The van der Waals surface area contributed by atoms with E-state index in [1.54, 1.807) is 0 Å². The van der Waals surface area contributed by atoms with Gasteiger partial charge >= 0.3 is 0 Å². The van der Waals surface area contributed by atoms with Crippen LogP contribution in [0.4, 0.5) is 0 Å². The number of nitrogens with zero attached hydrogens (tertiary/aromatic N) is 8. The van der Waals surface area contributed by atoms with E-state index < -0.39 is 10.8 Å². The number of para-hydroxylation sites is 6. The normalized spacial score (nSPS) is 13.9. The number of aromatic nitrogens is 8. The molecule has 10 nitrogen and oxygen atoms in total. The number of fused-ring (bicyclic) bond motifs is 26. The summed E-state index contributed by atoms with van der Waals surface area (Å²) in [7, 11) is 0. The first-order valence-electron chi connectivity index (χ1n) is 42.8. The van der Waals surface area contributed by atoms with E-state index in [9.17, 15) is 0 Å². The Kier molecular flexibility index (Phi) is 15.7. The molecule has 0 amide bonds. The number of ether oxygens (including phenoxy) is 2. The molecule has 4 aromatic heterocycles. The minimum Gasteiger partial charge on any atom is -0.457 e. The summed E-state index contributed by atoms with van der Waals surface area (Å²) >= 11 is 0. The van der Waals surface area contributed by atoms with Crippen molar-refractivity contribution in [3.8, 4) is 158 Å². The van der Waals surface area contributed by atoms with E-state index in [0.29, 0.717) is 34.9 Å². The third-order valence-corrected chi connectivity index (χ3v) is 26.4. The van der Waals surface area contributed by atoms with Gasteiger partial charge in [-0.25, -0.2) is 29.9 Å². The second kappa shape index (κ2) is 27.9. The van der Waals surface area contributed by atoms with E-state index in [0.717, 1.165) is 162 Å². The maximum absolute atomic E-state index is 7.28. The SMILES string of the molecule is c1ccc(-c2nc(-c3ccc(-c4ccc5c(c4)Oc4ccccc4C54c5ccccc5-c5c4ccc4c6ccccc6n(-c6ccccc6-c6ccccc6-c6nc(-c7ccccc7)nc(-c7ccccc7)n6)c54)cc3)nc(-c3ccccc3-c3cccc(-n4c5ccccc5c5ccc6c(c54)-c4ccccc4C64c5ccccc5Oc5ccccc54)c3)n2)cc1. The molecule has 2 aliphatic carbocycles. The summed E-state index contributed by atoms with van der Waals surface area (Å²) in [6.45, 7) is 0. The lowest BCUT2D eigenvalue weighted by atomic mass is 9.66. The molecule has 0 N–H and O–H groups in total. The molecule has 586 valence electrons. The van der Waals surface area contributed by atoms with Gasteiger partial charge in [-0.3, -0.25) is 0 Å². The number of hydrogen-bond donors (Lipinski definition) is 0. The van der Waals surface area contributed by atoms with Gasteiger partial charge in [0.15, 0.2) is 34.9 Å². The van der Waals surface area contributed by atoms with E-state index in [2.05, 4.69) is 379 Å². The van der Waals surface area contributed by atoms with Crippen LogP contribution >= 0.6 is 0 Å². The third kappa shape index (κ3) is 10.4. The smallest absolute Gasteiger partial charge is 0.164 e. The zero-order chi connectivity index (χ0) is 82.7. The van der Waals surface area contributed by atoms with E-state index in [-0.39, 0.29) is 0 Å². The van der Waals surface area contributed by atoms with Crippen molar-refractivity contribution in [2.75, 3.05) is 0 Å². The van der Waals surface area contributed by atoms with Crippen LogP contribution in [-0.4, -0.2) is 39.0 Å². The van der Waals surface area contributed by atoms with Crippen LogP contribution in [0, 0.1) is 0 Å². The molecule has 4 aliphatic rings. The molecule has 1 atom stereocenters. The maximum Gasteiger partial charge on any atom is 0.164 e. The largest absolute Gasteiger partial charge is 0.457 e. The third-order valence-electron chi connectivity index (χ3n) is 26.4. The van der Waals surface area contributed by atoms with Gasteiger partial charge in [-0.1, -0.05) is 370 Å². The van der Waals surface area contributed by atoms with E-state index in [1.165, 1.54) is 49.7 Å². The minimum absolute atomic E-state index is 0.558. The Balaban J connectivity index is 0.582. The van der Waals surface area contributed by atoms with Crippen LogP contribution in [0.1, 0.15) is 44.5 Å². The highest BCUT2D eigenvalue weighted by Crippen LogP contribution is 2.66. The molecule has 22 aromatic rings. The van der Waals surface area contributed by atoms with Crippen molar-refractivity contribution >= 4 is 43.6 Å². The van der Waals surface area contributed by atoms with Gasteiger partial charge in [0.25, 0.3) is 0 Å². The molecule has 126 heavy (non-hydrogen) atoms. The summed E-state index contributed by atoms with van der Waals surface area (Å²) < 4.78 is 19.1. The Hall–Kier alpha value is -16.8. The Bertz CT molecular complexity index is 8200. The zero-order valence-corrected chi connectivity index (χ0v) is 67.8. The molecule has 18 aromatic carbocycles. The van der Waals surface area contributed by atoms with E-state index in [1.807, 2.05) is 54.6 Å². The number of benzene rings is 18. The molecule has 0 saturated heterocycles. The van der Waals surface area contributed by atoms with Gasteiger partial charge in [0.1, 0.15) is 23.0 Å². The van der Waals surface area contributed by atoms with Gasteiger partial charge in [0, 0.05) is 99.6 Å². The van der Waals surface area contributed by atoms with E-state index in [4.69, 9.17) is 39.4 Å². The van der Waals surface area contributed by atoms with Crippen molar-refractivity contribution in [2.45, 2.75) is 10.8 Å². The Morgan fingerprint density at radius 3 is 1.06 bits per heavy atom. The number of rotatable bonds is 11. The van der Waals surface area contributed by atoms with Crippen molar-refractivity contribution in [3.63, 3.8) is 0 Å². The molecular formula is C116H70N8O2. The summed E-state index contributed by atoms with van der Waals surface area (Å²) in [5, 5.41) is 4.68. The average molecular weight is 1610 g/mol. The lowest BCUT2D eigenvalue weighted by molar-refractivity contribution is 0.436. The molecule has 0 fully saturated rings. The molecule has 0 bridgehead atoms. The summed E-state index contributed by atoms with van der Waals surface area (Å²) in [6, 6.07) is 152. The first-order valence-corrected chi connectivity index (χ1v) is 42.8. The highest BCUT2D eigenvalue weighted by atomic mass is 16.5. The Labute approximate surface area is 725 Å². The molecule has 1 unspecified atom stereocenters. The highest BCUT2D eigenvalue weighted by Gasteiger charge is 2.54. The fraction of sp³-hybridized carbons (Fsp3) is 0.0172. The van der Waals surface area contributed by atoms with Crippen LogP contribution in [0.5, 0.6) is 23.0 Å². The first kappa shape index (κ1) is 71.0. The van der Waals surface area contributed by atoms with Gasteiger partial charge < -0.3 is 18.6 Å². The standard InChI is InChI=1S/C116H70N8O2/c1-4-31-72(32-5-1)109-117-110(73-33-6-2-7-34-73)121-114(120-109)87-45-13-11-40-80(87)81-41-16-25-54-99(81)124-100-55-26-18-43-83(100)85-65-68-97-106(108(85)124)89-47-15-20-49-91(89)116(97)94-52-23-29-58-103(94)126-104-70-76(63-66-95(104)116)71-59-61-75(62-60-71)112-118-111(74-35-8-3-9-36-74)119-113(122-112)86-44-12-10-39-79(86)77-37-30-38-78(69-77)123-98-53-24-17-42-82(98)84-64-67-96-105(107(84)123)88-46-14-19-48-90(88)115(96)92-50-21-27-56-101(92)125-102-57-28-22-51-93(102)115/h1-70H. The van der Waals surface area contributed by atoms with Crippen molar-refractivity contribution in [1.82, 2.24) is 39.0 Å². The van der Waals surface area contributed by atoms with Crippen LogP contribution in [0.15, 0.2) is 425 Å². The Morgan fingerprint density at radius 1 is 0.190 bits per heavy atom. The van der Waals surface area contributed by atoms with Gasteiger partial charge in [0.2, 0.25) is 0 Å². The topological polar surface area (TPSA) is 106 Å². The monoisotopic (exact) mass is 1610 g/mol. The molecule has 10 heteroatoms. The first-order chi connectivity index (χ1) is 62.5. The van der Waals surface area contributed by atoms with Gasteiger partial charge in [-0.15, -0.1) is 0 Å². The Morgan fingerprint density at radius 2 is 0.540 bits per heavy atom. The predicted molar refractivity (Wildman–Crippen MR) is 506 cm³/mol. The quantitative estimate of drug-likeness (QED) is 0.126. The highest BCUT2D eigenvalue weighted by molar-refractivity contribution is 6.18. The molecule has 0 radical (unpaired) electrons. The van der Waals surface area contributed by atoms with Crippen LogP contribution in [-0.2, 0) is 10.8 Å². The molecule has 0 saturated carbocycles. The van der Waals surface area contributed by atoms with Crippen LogP contribution < -0.4 is 9.47 Å². The van der Waals surface area contributed by atoms with Crippen molar-refractivity contribution in [2.24, 2.45) is 0 Å². The van der Waals surface area contributed by atoms with Crippen molar-refractivity contribution < 1.29 is 9.47 Å². The predicted octanol–water partition coefficient (Wildman–Crippen LogP) is 28.2. The van der Waals surface area contributed by atoms with Gasteiger partial charge in [0.05, 0.1) is 38.6 Å². The molecule has 6 heterocycles. The van der Waals surface area contributed by atoms with Crippen LogP contribution in [0.25, 0.3) is 179 Å². The molecule has 2 spiro atoms. The van der Waals surface area contributed by atoms with Crippen LogP contribution in [0.2, 0.25) is 0 Å². The average Bonchev–Trinajstić information content (AvgIpc) is 1.50. The lowest BCUT2D eigenvalue weighted by Gasteiger charge is -2.39. The second-order valence-corrected chi connectivity index (χ2v) is 32.9. The molecule has 26 rings (SSSR count).